The number of carbonyl (C=O) groups excluding carboxylic acids is 2. The van der Waals surface area contributed by atoms with Gasteiger partial charge < -0.3 is 9.64 Å². The number of morpholine rings is 1. The Balaban J connectivity index is 1.48. The van der Waals surface area contributed by atoms with Gasteiger partial charge in [0.1, 0.15) is 6.10 Å². The summed E-state index contributed by atoms with van der Waals surface area (Å²) in [6.07, 6.45) is 1.27. The molecule has 1 aliphatic rings. The van der Waals surface area contributed by atoms with Crippen LogP contribution in [0.25, 0.3) is 0 Å². The predicted molar refractivity (Wildman–Crippen MR) is 99.2 cm³/mol. The second-order valence-electron chi connectivity index (χ2n) is 6.00. The molecule has 25 heavy (non-hydrogen) atoms. The zero-order valence-electron chi connectivity index (χ0n) is 13.8. The zero-order chi connectivity index (χ0) is 17.6. The molecule has 1 saturated heterocycles. The third-order valence-electron chi connectivity index (χ3n) is 4.25. The van der Waals surface area contributed by atoms with Crippen LogP contribution in [0, 0.1) is 0 Å². The quantitative estimate of drug-likeness (QED) is 0.703. The SMILES string of the molecule is O=C(CCCC(=O)N1CCOC(c2ccc(Cl)cc2)C1)c1cccs1. The fourth-order valence-electron chi connectivity index (χ4n) is 2.87. The monoisotopic (exact) mass is 377 g/mol. The predicted octanol–water partition coefficient (Wildman–Crippen LogP) is 4.35. The summed E-state index contributed by atoms with van der Waals surface area (Å²) in [5.41, 5.74) is 1.02. The van der Waals surface area contributed by atoms with Crippen LogP contribution < -0.4 is 0 Å². The first-order chi connectivity index (χ1) is 12.1. The van der Waals surface area contributed by atoms with Gasteiger partial charge in [-0.25, -0.2) is 0 Å². The number of hydrogen-bond donors (Lipinski definition) is 0. The van der Waals surface area contributed by atoms with Gasteiger partial charge in [-0.15, -0.1) is 11.3 Å². The molecule has 0 radical (unpaired) electrons. The molecule has 4 nitrogen and oxygen atoms in total. The van der Waals surface area contributed by atoms with E-state index < -0.39 is 0 Å². The van der Waals surface area contributed by atoms with Crippen molar-refractivity contribution in [3.63, 3.8) is 0 Å². The van der Waals surface area contributed by atoms with E-state index in [4.69, 9.17) is 16.3 Å². The van der Waals surface area contributed by atoms with Gasteiger partial charge in [0, 0.05) is 24.4 Å². The summed E-state index contributed by atoms with van der Waals surface area (Å²) in [5.74, 6) is 0.199. The summed E-state index contributed by atoms with van der Waals surface area (Å²) < 4.78 is 5.79. The minimum Gasteiger partial charge on any atom is -0.370 e. The first-order valence-electron chi connectivity index (χ1n) is 8.35. The first-order valence-corrected chi connectivity index (χ1v) is 9.61. The highest BCUT2D eigenvalue weighted by atomic mass is 35.5. The number of amides is 1. The molecule has 0 spiro atoms. The standard InChI is InChI=1S/C19H20ClNO3S/c20-15-8-6-14(7-9-15)17-13-21(10-11-24-17)19(23)5-1-3-16(22)18-4-2-12-25-18/h2,4,6-9,12,17H,1,3,5,10-11,13H2. The van der Waals surface area contributed by atoms with Crippen LogP contribution in [0.1, 0.15) is 40.6 Å². The first kappa shape index (κ1) is 18.1. The second-order valence-corrected chi connectivity index (χ2v) is 7.39. The summed E-state index contributed by atoms with van der Waals surface area (Å²) in [7, 11) is 0. The highest BCUT2D eigenvalue weighted by molar-refractivity contribution is 7.12. The van der Waals surface area contributed by atoms with Crippen molar-refractivity contribution in [1.82, 2.24) is 4.90 Å². The molecule has 1 fully saturated rings. The number of thiophene rings is 1. The Morgan fingerprint density at radius 3 is 2.72 bits per heavy atom. The lowest BCUT2D eigenvalue weighted by Crippen LogP contribution is -2.42. The van der Waals surface area contributed by atoms with Crippen molar-refractivity contribution in [2.24, 2.45) is 0 Å². The number of nitrogens with zero attached hydrogens (tertiary/aromatic N) is 1. The Morgan fingerprint density at radius 1 is 1.20 bits per heavy atom. The van der Waals surface area contributed by atoms with E-state index in [0.29, 0.717) is 44.0 Å². The van der Waals surface area contributed by atoms with Gasteiger partial charge in [-0.05, 0) is 35.6 Å². The van der Waals surface area contributed by atoms with E-state index in [1.807, 2.05) is 46.7 Å². The van der Waals surface area contributed by atoms with Gasteiger partial charge in [0.05, 0.1) is 18.0 Å². The Labute approximate surface area is 156 Å². The van der Waals surface area contributed by atoms with Crippen LogP contribution in [0.3, 0.4) is 0 Å². The van der Waals surface area contributed by atoms with Crippen molar-refractivity contribution in [1.29, 1.82) is 0 Å². The molecule has 0 aliphatic carbocycles. The molecule has 1 amide bonds. The molecule has 6 heteroatoms. The molecular weight excluding hydrogens is 358 g/mol. The molecule has 0 saturated carbocycles. The van der Waals surface area contributed by atoms with Crippen molar-refractivity contribution < 1.29 is 14.3 Å². The summed E-state index contributed by atoms with van der Waals surface area (Å²) in [6.45, 7) is 1.66. The van der Waals surface area contributed by atoms with Crippen molar-refractivity contribution in [3.8, 4) is 0 Å². The summed E-state index contributed by atoms with van der Waals surface area (Å²) >= 11 is 7.36. The lowest BCUT2D eigenvalue weighted by molar-refractivity contribution is -0.139. The fraction of sp³-hybridized carbons (Fsp3) is 0.368. The zero-order valence-corrected chi connectivity index (χ0v) is 15.4. The maximum Gasteiger partial charge on any atom is 0.222 e. The summed E-state index contributed by atoms with van der Waals surface area (Å²) in [6, 6.07) is 11.2. The Bertz CT molecular complexity index is 715. The van der Waals surface area contributed by atoms with E-state index in [1.165, 1.54) is 11.3 Å². The van der Waals surface area contributed by atoms with E-state index in [0.717, 1.165) is 10.4 Å². The fourth-order valence-corrected chi connectivity index (χ4v) is 3.69. The average Bonchev–Trinajstić information content (AvgIpc) is 3.17. The Morgan fingerprint density at radius 2 is 2.00 bits per heavy atom. The van der Waals surface area contributed by atoms with Gasteiger partial charge in [-0.2, -0.15) is 0 Å². The maximum atomic E-state index is 12.4. The molecule has 3 rings (SSSR count). The molecule has 1 atom stereocenters. The third-order valence-corrected chi connectivity index (χ3v) is 5.41. The molecule has 2 heterocycles. The molecule has 1 aliphatic heterocycles. The summed E-state index contributed by atoms with van der Waals surface area (Å²) in [5, 5.41) is 2.58. The van der Waals surface area contributed by atoms with Gasteiger partial charge in [0.2, 0.25) is 5.91 Å². The van der Waals surface area contributed by atoms with Crippen LogP contribution in [0.5, 0.6) is 0 Å². The highest BCUT2D eigenvalue weighted by Gasteiger charge is 2.25. The highest BCUT2D eigenvalue weighted by Crippen LogP contribution is 2.24. The molecule has 0 bridgehead atoms. The van der Waals surface area contributed by atoms with Crippen molar-refractivity contribution in [2.75, 3.05) is 19.7 Å². The third kappa shape index (κ3) is 4.91. The van der Waals surface area contributed by atoms with E-state index in [9.17, 15) is 9.59 Å². The van der Waals surface area contributed by atoms with Crippen LogP contribution >= 0.6 is 22.9 Å². The number of carbonyl (C=O) groups is 2. The Kier molecular flexibility index (Phi) is 6.24. The summed E-state index contributed by atoms with van der Waals surface area (Å²) in [4.78, 5) is 27.0. The van der Waals surface area contributed by atoms with Crippen molar-refractivity contribution in [3.05, 3.63) is 57.2 Å². The number of benzene rings is 1. The molecule has 0 N–H and O–H groups in total. The molecule has 132 valence electrons. The average molecular weight is 378 g/mol. The Hall–Kier alpha value is -1.69. The normalized spacial score (nSPS) is 17.5. The second kappa shape index (κ2) is 8.61. The molecule has 1 unspecified atom stereocenters. The van der Waals surface area contributed by atoms with Crippen LogP contribution in [0.15, 0.2) is 41.8 Å². The molecular formula is C19H20ClNO3S. The van der Waals surface area contributed by atoms with Gasteiger partial charge in [0.15, 0.2) is 5.78 Å². The largest absolute Gasteiger partial charge is 0.370 e. The van der Waals surface area contributed by atoms with Crippen LogP contribution in [-0.4, -0.2) is 36.3 Å². The topological polar surface area (TPSA) is 46.6 Å². The van der Waals surface area contributed by atoms with Gasteiger partial charge in [-0.1, -0.05) is 29.8 Å². The number of hydrogen-bond acceptors (Lipinski definition) is 4. The minimum atomic E-state index is -0.122. The van der Waals surface area contributed by atoms with Gasteiger partial charge in [-0.3, -0.25) is 9.59 Å². The molecule has 1 aromatic carbocycles. The minimum absolute atomic E-state index is 0.0845. The maximum absolute atomic E-state index is 12.4. The van der Waals surface area contributed by atoms with Crippen molar-refractivity contribution >= 4 is 34.6 Å². The molecule has 2 aromatic rings. The van der Waals surface area contributed by atoms with Crippen molar-refractivity contribution in [2.45, 2.75) is 25.4 Å². The van der Waals surface area contributed by atoms with E-state index in [1.54, 1.807) is 0 Å². The number of halogens is 1. The van der Waals surface area contributed by atoms with E-state index >= 15 is 0 Å². The van der Waals surface area contributed by atoms with Crippen LogP contribution in [0.2, 0.25) is 5.02 Å². The number of Topliss-reactive ketones (excluding diaryl/α,β-unsaturated/α-hetero) is 1. The van der Waals surface area contributed by atoms with Crippen LogP contribution in [-0.2, 0) is 9.53 Å². The van der Waals surface area contributed by atoms with E-state index in [-0.39, 0.29) is 17.8 Å². The number of ether oxygens (including phenoxy) is 1. The lowest BCUT2D eigenvalue weighted by Gasteiger charge is -2.33. The van der Waals surface area contributed by atoms with Gasteiger partial charge in [0.25, 0.3) is 0 Å². The van der Waals surface area contributed by atoms with E-state index in [2.05, 4.69) is 0 Å². The number of rotatable bonds is 6. The number of ketones is 1. The lowest BCUT2D eigenvalue weighted by atomic mass is 10.1. The van der Waals surface area contributed by atoms with Crippen LogP contribution in [0.4, 0.5) is 0 Å². The molecule has 1 aromatic heterocycles. The smallest absolute Gasteiger partial charge is 0.222 e. The van der Waals surface area contributed by atoms with Gasteiger partial charge >= 0.3 is 0 Å².